The highest BCUT2D eigenvalue weighted by molar-refractivity contribution is 9.10. The van der Waals surface area contributed by atoms with Gasteiger partial charge in [0.05, 0.1) is 12.0 Å². The molecule has 32 heavy (non-hydrogen) atoms. The van der Waals surface area contributed by atoms with Gasteiger partial charge in [-0.3, -0.25) is 14.9 Å². The molecule has 0 radical (unpaired) electrons. The largest absolute Gasteiger partial charge is 0.493 e. The van der Waals surface area contributed by atoms with Crippen LogP contribution in [0.15, 0.2) is 46.4 Å². The molecule has 3 rings (SSSR count). The van der Waals surface area contributed by atoms with Gasteiger partial charge in [0.1, 0.15) is 18.2 Å². The quantitative estimate of drug-likeness (QED) is 0.238. The van der Waals surface area contributed by atoms with Gasteiger partial charge in [0.15, 0.2) is 11.5 Å². The number of hydrogen-bond donors (Lipinski definition) is 1. The number of nitro groups is 1. The van der Waals surface area contributed by atoms with E-state index in [1.807, 2.05) is 6.07 Å². The molecule has 0 aliphatic heterocycles. The summed E-state index contributed by atoms with van der Waals surface area (Å²) in [4.78, 5) is 23.0. The Hall–Kier alpha value is -3.38. The second kappa shape index (κ2) is 10.8. The van der Waals surface area contributed by atoms with Gasteiger partial charge in [-0.05, 0) is 42.2 Å². The summed E-state index contributed by atoms with van der Waals surface area (Å²) < 4.78 is 11.8. The Bertz CT molecular complexity index is 1090. The molecule has 1 N–H and O–H groups in total. The lowest BCUT2D eigenvalue weighted by Crippen LogP contribution is -2.33. The van der Waals surface area contributed by atoms with Gasteiger partial charge in [0.25, 0.3) is 11.6 Å². The number of benzene rings is 2. The average molecular weight is 500 g/mol. The van der Waals surface area contributed by atoms with Crippen LogP contribution in [0.4, 0.5) is 5.69 Å². The predicted octanol–water partition coefficient (Wildman–Crippen LogP) is 4.91. The molecule has 0 heterocycles. The number of non-ortho nitro benzene ring substituents is 1. The number of carbonyl (C=O) groups excluding carboxylic acids is 1. The van der Waals surface area contributed by atoms with Crippen LogP contribution in [0.5, 0.6) is 11.5 Å². The number of rotatable bonds is 8. The number of nitrogens with one attached hydrogen (secondary N) is 1. The Morgan fingerprint density at radius 3 is 2.72 bits per heavy atom. The highest BCUT2D eigenvalue weighted by Gasteiger charge is 2.20. The number of nitriles is 1. The van der Waals surface area contributed by atoms with E-state index >= 15 is 0 Å². The Morgan fingerprint density at radius 1 is 1.31 bits per heavy atom. The van der Waals surface area contributed by atoms with Gasteiger partial charge in [-0.1, -0.05) is 40.9 Å². The third-order valence-electron chi connectivity index (χ3n) is 5.15. The predicted molar refractivity (Wildman–Crippen MR) is 122 cm³/mol. The molecule has 0 saturated heterocycles. The second-order valence-corrected chi connectivity index (χ2v) is 8.22. The topological polar surface area (TPSA) is 114 Å². The van der Waals surface area contributed by atoms with Gasteiger partial charge >= 0.3 is 0 Å². The molecule has 1 amide bonds. The van der Waals surface area contributed by atoms with E-state index < -0.39 is 10.8 Å². The number of halogens is 1. The maximum atomic E-state index is 12.5. The van der Waals surface area contributed by atoms with Gasteiger partial charge in [-0.15, -0.1) is 0 Å². The molecule has 1 saturated carbocycles. The Labute approximate surface area is 194 Å². The number of ether oxygens (including phenoxy) is 2. The van der Waals surface area contributed by atoms with Gasteiger partial charge in [0.2, 0.25) is 0 Å². The molecular formula is C23H22BrN3O5. The number of nitrogens with zero attached hydrogens (tertiary/aromatic N) is 2. The van der Waals surface area contributed by atoms with E-state index in [0.29, 0.717) is 27.1 Å². The number of carbonyl (C=O) groups is 1. The van der Waals surface area contributed by atoms with Crippen LogP contribution in [0.25, 0.3) is 6.08 Å². The lowest BCUT2D eigenvalue weighted by atomic mass is 10.1. The number of amides is 1. The minimum atomic E-state index is -0.461. The first-order chi connectivity index (χ1) is 15.4. The molecule has 2 aromatic carbocycles. The zero-order valence-corrected chi connectivity index (χ0v) is 19.1. The van der Waals surface area contributed by atoms with Crippen LogP contribution < -0.4 is 14.8 Å². The van der Waals surface area contributed by atoms with Crippen molar-refractivity contribution in [2.24, 2.45) is 0 Å². The average Bonchev–Trinajstić information content (AvgIpc) is 3.30. The van der Waals surface area contributed by atoms with Gasteiger partial charge in [-0.2, -0.15) is 5.26 Å². The number of hydrogen-bond acceptors (Lipinski definition) is 6. The maximum Gasteiger partial charge on any atom is 0.269 e. The lowest BCUT2D eigenvalue weighted by Gasteiger charge is -2.14. The van der Waals surface area contributed by atoms with Crippen molar-refractivity contribution < 1.29 is 19.2 Å². The van der Waals surface area contributed by atoms with E-state index in [9.17, 15) is 20.2 Å². The molecule has 0 bridgehead atoms. The highest BCUT2D eigenvalue weighted by Crippen LogP contribution is 2.35. The normalized spacial score (nSPS) is 14.0. The first-order valence-electron chi connectivity index (χ1n) is 10.1. The molecule has 0 atom stereocenters. The summed E-state index contributed by atoms with van der Waals surface area (Å²) in [7, 11) is 1.48. The molecule has 8 nitrogen and oxygen atoms in total. The van der Waals surface area contributed by atoms with Crippen LogP contribution in [0.2, 0.25) is 0 Å². The fraction of sp³-hybridized carbons (Fsp3) is 0.304. The van der Waals surface area contributed by atoms with E-state index in [4.69, 9.17) is 9.47 Å². The highest BCUT2D eigenvalue weighted by atomic mass is 79.9. The Morgan fingerprint density at radius 2 is 2.06 bits per heavy atom. The van der Waals surface area contributed by atoms with Crippen molar-refractivity contribution in [3.63, 3.8) is 0 Å². The van der Waals surface area contributed by atoms with Crippen molar-refractivity contribution in [3.05, 3.63) is 67.7 Å². The molecule has 166 valence electrons. The summed E-state index contributed by atoms with van der Waals surface area (Å²) in [6.45, 7) is 0.104. The SMILES string of the molecule is COc1cc(/C=C(/C#N)C(=O)NC2CCCC2)c(Br)cc1OCc1cccc([N+](=O)[O-])c1. The molecule has 1 aliphatic carbocycles. The third kappa shape index (κ3) is 5.86. The minimum absolute atomic E-state index is 0.00455. The summed E-state index contributed by atoms with van der Waals surface area (Å²) in [5.74, 6) is 0.423. The van der Waals surface area contributed by atoms with Crippen molar-refractivity contribution in [2.75, 3.05) is 7.11 Å². The van der Waals surface area contributed by atoms with Crippen LogP contribution in [0, 0.1) is 21.4 Å². The number of nitro benzene ring substituents is 1. The molecule has 0 spiro atoms. The van der Waals surface area contributed by atoms with E-state index in [0.717, 1.165) is 25.7 Å². The maximum absolute atomic E-state index is 12.5. The fourth-order valence-corrected chi connectivity index (χ4v) is 3.93. The zero-order valence-electron chi connectivity index (χ0n) is 17.5. The van der Waals surface area contributed by atoms with Crippen LogP contribution in [-0.4, -0.2) is 24.0 Å². The smallest absolute Gasteiger partial charge is 0.269 e. The van der Waals surface area contributed by atoms with Crippen molar-refractivity contribution in [1.29, 1.82) is 5.26 Å². The molecule has 1 aliphatic rings. The number of methoxy groups -OCH3 is 1. The summed E-state index contributed by atoms with van der Waals surface area (Å²) >= 11 is 3.45. The van der Waals surface area contributed by atoms with E-state index in [1.165, 1.54) is 25.3 Å². The minimum Gasteiger partial charge on any atom is -0.493 e. The lowest BCUT2D eigenvalue weighted by molar-refractivity contribution is -0.384. The van der Waals surface area contributed by atoms with Gasteiger partial charge < -0.3 is 14.8 Å². The molecule has 9 heteroatoms. The molecule has 0 unspecified atom stereocenters. The standard InChI is InChI=1S/C23H22BrN3O5/c1-31-21-11-16(10-17(13-25)23(28)26-18-6-2-3-7-18)20(24)12-22(21)32-14-15-5-4-8-19(9-15)27(29)30/h4-5,8-12,18H,2-3,6-7,14H2,1H3,(H,26,28)/b17-10-. The van der Waals surface area contributed by atoms with Gasteiger partial charge in [0, 0.05) is 22.6 Å². The fourth-order valence-electron chi connectivity index (χ4n) is 3.49. The van der Waals surface area contributed by atoms with Crippen LogP contribution >= 0.6 is 15.9 Å². The van der Waals surface area contributed by atoms with E-state index in [-0.39, 0.29) is 23.9 Å². The first-order valence-corrected chi connectivity index (χ1v) is 10.9. The summed E-state index contributed by atoms with van der Waals surface area (Å²) in [6, 6.07) is 11.6. The van der Waals surface area contributed by atoms with Gasteiger partial charge in [-0.25, -0.2) is 0 Å². The molecule has 2 aromatic rings. The zero-order chi connectivity index (χ0) is 23.1. The monoisotopic (exact) mass is 499 g/mol. The van der Waals surface area contributed by atoms with Crippen LogP contribution in [0.1, 0.15) is 36.8 Å². The molecule has 1 fully saturated rings. The van der Waals surface area contributed by atoms with Crippen LogP contribution in [-0.2, 0) is 11.4 Å². The van der Waals surface area contributed by atoms with E-state index in [2.05, 4.69) is 21.2 Å². The summed E-state index contributed by atoms with van der Waals surface area (Å²) in [5.41, 5.74) is 1.21. The van der Waals surface area contributed by atoms with Crippen molar-refractivity contribution in [1.82, 2.24) is 5.32 Å². The Balaban J connectivity index is 1.78. The first kappa shape index (κ1) is 23.3. The Kier molecular flexibility index (Phi) is 7.84. The van der Waals surface area contributed by atoms with Crippen molar-refractivity contribution in [3.8, 4) is 17.6 Å². The third-order valence-corrected chi connectivity index (χ3v) is 5.84. The summed E-state index contributed by atoms with van der Waals surface area (Å²) in [5, 5.41) is 23.3. The molecule has 0 aromatic heterocycles. The van der Waals surface area contributed by atoms with E-state index in [1.54, 1.807) is 24.3 Å². The van der Waals surface area contributed by atoms with Crippen LogP contribution in [0.3, 0.4) is 0 Å². The second-order valence-electron chi connectivity index (χ2n) is 7.36. The van der Waals surface area contributed by atoms with Crippen molar-refractivity contribution in [2.45, 2.75) is 38.3 Å². The summed E-state index contributed by atoms with van der Waals surface area (Å²) in [6.07, 6.45) is 5.52. The molecular weight excluding hydrogens is 478 g/mol. The van der Waals surface area contributed by atoms with Crippen molar-refractivity contribution >= 4 is 33.6 Å².